The Kier molecular flexibility index (Phi) is 11.2. The van der Waals surface area contributed by atoms with Gasteiger partial charge in [-0.2, -0.15) is 0 Å². The Morgan fingerprint density at radius 2 is 1.55 bits per heavy atom. The van der Waals surface area contributed by atoms with Crippen LogP contribution in [0.4, 0.5) is 0 Å². The number of ketones is 1. The van der Waals surface area contributed by atoms with Crippen molar-refractivity contribution in [3.63, 3.8) is 0 Å². The number of hydrogen-bond donors (Lipinski definition) is 3. The number of benzene rings is 1. The van der Waals surface area contributed by atoms with Crippen LogP contribution in [0.5, 0.6) is 0 Å². The van der Waals surface area contributed by atoms with Crippen molar-refractivity contribution in [2.75, 3.05) is 6.54 Å². The average molecular weight is 848 g/mol. The Morgan fingerprint density at radius 1 is 0.867 bits per heavy atom. The molecule has 0 unspecified atom stereocenters. The summed E-state index contributed by atoms with van der Waals surface area (Å²) in [4.78, 5) is 66.8. The van der Waals surface area contributed by atoms with Gasteiger partial charge in [0.15, 0.2) is 5.78 Å². The SMILES string of the molecule is CC(C)C1=C2[C@H]3CC[C@@H]4[C@@]5(C)CC[C@H](OC(=O)[C@H]6C[C@@H](C(=O)O)C6(C)C)C(C)(C)[C@@H]5CC[C@@]4(C)[C@]3(C)CC[C@@]2(CC(=O)NCC(C)(C)NC(=O)c2ccccc2Cl)CC1=O. The number of ether oxygens (including phenoxy) is 1. The van der Waals surface area contributed by atoms with Crippen molar-refractivity contribution in [1.29, 1.82) is 0 Å². The van der Waals surface area contributed by atoms with Crippen LogP contribution in [0.2, 0.25) is 5.02 Å². The van der Waals surface area contributed by atoms with E-state index in [2.05, 4.69) is 59.1 Å². The van der Waals surface area contributed by atoms with Gasteiger partial charge in [0, 0.05) is 30.2 Å². The molecule has 9 nitrogen and oxygen atoms in total. The number of aliphatic carboxylic acids is 1. The minimum Gasteiger partial charge on any atom is -0.481 e. The van der Waals surface area contributed by atoms with Crippen molar-refractivity contribution in [3.8, 4) is 0 Å². The van der Waals surface area contributed by atoms with Gasteiger partial charge in [-0.1, -0.05) is 91.6 Å². The molecule has 10 atom stereocenters. The van der Waals surface area contributed by atoms with E-state index in [1.165, 1.54) is 5.57 Å². The molecule has 0 aromatic heterocycles. The van der Waals surface area contributed by atoms with Crippen LogP contribution in [0.3, 0.4) is 0 Å². The number of carbonyl (C=O) groups excluding carboxylic acids is 4. The predicted molar refractivity (Wildman–Crippen MR) is 233 cm³/mol. The number of esters is 1. The van der Waals surface area contributed by atoms with Crippen LogP contribution in [0.25, 0.3) is 0 Å². The Bertz CT molecular complexity index is 2000. The molecule has 0 aliphatic heterocycles. The van der Waals surface area contributed by atoms with Crippen molar-refractivity contribution in [1.82, 2.24) is 10.6 Å². The fraction of sp³-hybridized carbons (Fsp3) is 0.740. The lowest BCUT2D eigenvalue weighted by Gasteiger charge is -2.72. The second kappa shape index (κ2) is 15.0. The van der Waals surface area contributed by atoms with Gasteiger partial charge in [-0.15, -0.1) is 0 Å². The summed E-state index contributed by atoms with van der Waals surface area (Å²) in [5, 5.41) is 16.2. The lowest BCUT2D eigenvalue weighted by Crippen LogP contribution is -2.66. The number of Topliss-reactive ketones (excluding diaryl/α,β-unsaturated/α-hetero) is 1. The van der Waals surface area contributed by atoms with E-state index in [4.69, 9.17) is 16.3 Å². The summed E-state index contributed by atoms with van der Waals surface area (Å²) >= 11 is 6.30. The first kappa shape index (κ1) is 44.8. The Labute approximate surface area is 363 Å². The summed E-state index contributed by atoms with van der Waals surface area (Å²) in [6.07, 6.45) is 8.43. The summed E-state index contributed by atoms with van der Waals surface area (Å²) in [7, 11) is 0. The maximum Gasteiger partial charge on any atom is 0.309 e. The van der Waals surface area contributed by atoms with Crippen molar-refractivity contribution in [3.05, 3.63) is 46.0 Å². The van der Waals surface area contributed by atoms with Gasteiger partial charge >= 0.3 is 11.9 Å². The van der Waals surface area contributed by atoms with Gasteiger partial charge in [-0.3, -0.25) is 24.0 Å². The van der Waals surface area contributed by atoms with Crippen molar-refractivity contribution in [2.24, 2.45) is 68.0 Å². The lowest BCUT2D eigenvalue weighted by atomic mass is 9.33. The Morgan fingerprint density at radius 3 is 2.18 bits per heavy atom. The molecule has 1 aromatic carbocycles. The quantitative estimate of drug-likeness (QED) is 0.199. The summed E-state index contributed by atoms with van der Waals surface area (Å²) in [5.74, 6) is -1.10. The van der Waals surface area contributed by atoms with E-state index in [0.717, 1.165) is 56.9 Å². The number of hydrogen-bond acceptors (Lipinski definition) is 6. The third kappa shape index (κ3) is 6.88. The smallest absolute Gasteiger partial charge is 0.309 e. The van der Waals surface area contributed by atoms with Crippen LogP contribution in [0.1, 0.15) is 157 Å². The number of rotatable bonds is 10. The first-order valence-corrected chi connectivity index (χ1v) is 23.2. The maximum atomic E-state index is 14.2. The molecule has 7 rings (SSSR count). The van der Waals surface area contributed by atoms with Crippen LogP contribution < -0.4 is 10.6 Å². The van der Waals surface area contributed by atoms with E-state index < -0.39 is 34.2 Å². The van der Waals surface area contributed by atoms with Gasteiger partial charge in [-0.05, 0) is 135 Å². The molecule has 6 aliphatic carbocycles. The number of allylic oxidation sites excluding steroid dienone is 2. The molecule has 0 spiro atoms. The summed E-state index contributed by atoms with van der Waals surface area (Å²) in [6, 6.07) is 6.92. The zero-order valence-electron chi connectivity index (χ0n) is 38.1. The lowest BCUT2D eigenvalue weighted by molar-refractivity contribution is -0.236. The topological polar surface area (TPSA) is 139 Å². The number of fused-ring (bicyclic) bond motifs is 7. The molecule has 6 aliphatic rings. The maximum absolute atomic E-state index is 14.2. The van der Waals surface area contributed by atoms with E-state index >= 15 is 0 Å². The van der Waals surface area contributed by atoms with Crippen molar-refractivity contribution >= 4 is 41.1 Å². The van der Waals surface area contributed by atoms with E-state index in [-0.39, 0.29) is 76.1 Å². The molecule has 330 valence electrons. The van der Waals surface area contributed by atoms with Gasteiger partial charge in [0.25, 0.3) is 5.91 Å². The zero-order valence-corrected chi connectivity index (χ0v) is 38.9. The Hall–Kier alpha value is -3.20. The van der Waals surface area contributed by atoms with E-state index in [9.17, 15) is 29.1 Å². The first-order chi connectivity index (χ1) is 27.8. The van der Waals surface area contributed by atoms with Gasteiger partial charge in [-0.25, -0.2) is 0 Å². The van der Waals surface area contributed by atoms with Crippen molar-refractivity contribution < 1.29 is 33.8 Å². The van der Waals surface area contributed by atoms with Gasteiger partial charge < -0.3 is 20.5 Å². The fourth-order valence-corrected chi connectivity index (χ4v) is 15.1. The van der Waals surface area contributed by atoms with Crippen LogP contribution in [0.15, 0.2) is 35.4 Å². The highest BCUT2D eigenvalue weighted by Crippen LogP contribution is 2.77. The first-order valence-electron chi connectivity index (χ1n) is 22.8. The molecular weight excluding hydrogens is 776 g/mol. The molecule has 2 amide bonds. The highest BCUT2D eigenvalue weighted by atomic mass is 35.5. The number of carbonyl (C=O) groups is 5. The molecule has 60 heavy (non-hydrogen) atoms. The van der Waals surface area contributed by atoms with Crippen LogP contribution in [0, 0.1) is 68.0 Å². The fourth-order valence-electron chi connectivity index (χ4n) is 14.9. The van der Waals surface area contributed by atoms with E-state index in [0.29, 0.717) is 35.3 Å². The summed E-state index contributed by atoms with van der Waals surface area (Å²) in [5.41, 5.74) is 0.502. The van der Waals surface area contributed by atoms with Crippen LogP contribution in [-0.4, -0.2) is 52.8 Å². The molecule has 0 bridgehead atoms. The average Bonchev–Trinajstić information content (AvgIpc) is 3.43. The largest absolute Gasteiger partial charge is 0.481 e. The minimum absolute atomic E-state index is 0.0155. The third-order valence-corrected chi connectivity index (χ3v) is 18.7. The monoisotopic (exact) mass is 846 g/mol. The molecule has 5 saturated carbocycles. The molecule has 0 radical (unpaired) electrons. The molecule has 5 fully saturated rings. The van der Waals surface area contributed by atoms with Crippen molar-refractivity contribution in [2.45, 2.75) is 158 Å². The van der Waals surface area contributed by atoms with E-state index in [1.54, 1.807) is 24.3 Å². The van der Waals surface area contributed by atoms with E-state index in [1.807, 2.05) is 27.7 Å². The minimum atomic E-state index is -0.842. The zero-order chi connectivity index (χ0) is 44.2. The highest BCUT2D eigenvalue weighted by Gasteiger charge is 2.70. The van der Waals surface area contributed by atoms with Gasteiger partial charge in [0.05, 0.1) is 28.0 Å². The van der Waals surface area contributed by atoms with Crippen LogP contribution >= 0.6 is 11.6 Å². The summed E-state index contributed by atoms with van der Waals surface area (Å²) < 4.78 is 6.42. The Balaban J connectivity index is 1.09. The number of carboxylic acid groups (broad SMARTS) is 1. The predicted octanol–water partition coefficient (Wildman–Crippen LogP) is 9.99. The molecule has 10 heteroatoms. The third-order valence-electron chi connectivity index (χ3n) is 18.4. The highest BCUT2D eigenvalue weighted by molar-refractivity contribution is 6.33. The summed E-state index contributed by atoms with van der Waals surface area (Å²) in [6.45, 7) is 24.2. The molecule has 1 aromatic rings. The van der Waals surface area contributed by atoms with Gasteiger partial charge in [0.2, 0.25) is 5.91 Å². The standard InChI is InChI=1S/C50H71ClN2O7/c1-28(2)39-34(54)25-50(26-38(55)52-27-44(3,4)53-41(56)29-14-12-13-15-33(29)51)23-22-48(10)30(40(39)50)16-17-36-47(9)20-19-37(46(7,8)35(47)18-21-49(36,48)11)60-43(59)32-24-31(42(57)58)45(32,5)6/h12-15,28,30-32,35-37H,16-27H2,1-11H3,(H,52,55)(H,53,56)(H,57,58)/t30-,31+,32-,35+,36-,37+,47+,48-,49-,50+/m1/s1. The second-order valence-electron chi connectivity index (χ2n) is 23.0. The number of carboxylic acids is 1. The number of halogens is 1. The molecule has 3 N–H and O–H groups in total. The molecular formula is C50H71ClN2O7. The number of amides is 2. The van der Waals surface area contributed by atoms with Crippen LogP contribution in [-0.2, 0) is 23.9 Å². The number of nitrogens with one attached hydrogen (secondary N) is 2. The second-order valence-corrected chi connectivity index (χ2v) is 23.4. The van der Waals surface area contributed by atoms with Gasteiger partial charge in [0.1, 0.15) is 6.10 Å². The molecule has 0 heterocycles. The normalized spacial score (nSPS) is 37.8. The molecule has 0 saturated heterocycles.